The molecule has 0 fully saturated rings. The Bertz CT molecular complexity index is 591. The number of nitrogens with zero attached hydrogens (tertiary/aromatic N) is 4. The third-order valence-electron chi connectivity index (χ3n) is 2.08. The van der Waals surface area contributed by atoms with Crippen molar-refractivity contribution in [3.05, 3.63) is 33.3 Å². The van der Waals surface area contributed by atoms with Crippen LogP contribution in [0.3, 0.4) is 0 Å². The van der Waals surface area contributed by atoms with Gasteiger partial charge in [0.05, 0.1) is 18.4 Å². The summed E-state index contributed by atoms with van der Waals surface area (Å²) in [6.45, 7) is 2.01. The molecule has 0 aromatic carbocycles. The third-order valence-corrected chi connectivity index (χ3v) is 2.44. The molecule has 8 heteroatoms. The third kappa shape index (κ3) is 2.44. The number of nitrogens with one attached hydrogen (secondary N) is 1. The van der Waals surface area contributed by atoms with Crippen LogP contribution in [0.4, 0.5) is 5.69 Å². The molecular formula is C9H10ClN5O2. The van der Waals surface area contributed by atoms with Crippen LogP contribution in [0.2, 0.25) is 5.02 Å². The molecule has 0 saturated carbocycles. The van der Waals surface area contributed by atoms with Crippen LogP contribution in [0.15, 0.2) is 15.5 Å². The molecule has 0 aliphatic heterocycles. The van der Waals surface area contributed by atoms with E-state index >= 15 is 0 Å². The van der Waals surface area contributed by atoms with Crippen LogP contribution in [0.5, 0.6) is 0 Å². The Balaban J connectivity index is 2.15. The summed E-state index contributed by atoms with van der Waals surface area (Å²) in [7, 11) is 1.53. The Morgan fingerprint density at radius 2 is 2.35 bits per heavy atom. The summed E-state index contributed by atoms with van der Waals surface area (Å²) >= 11 is 5.87. The van der Waals surface area contributed by atoms with E-state index in [1.165, 1.54) is 13.2 Å². The standard InChI is InChI=1S/C9H10ClN5O2/c1-5-13-7(17-14-5)4-11-6-3-12-15(2)9(16)8(6)10/h3,11H,4H2,1-2H3. The summed E-state index contributed by atoms with van der Waals surface area (Å²) in [6.07, 6.45) is 1.47. The fourth-order valence-corrected chi connectivity index (χ4v) is 1.45. The van der Waals surface area contributed by atoms with E-state index in [0.717, 1.165) is 4.68 Å². The van der Waals surface area contributed by atoms with Gasteiger partial charge in [0.2, 0.25) is 5.89 Å². The summed E-state index contributed by atoms with van der Waals surface area (Å²) in [6, 6.07) is 0. The summed E-state index contributed by atoms with van der Waals surface area (Å²) in [5.74, 6) is 0.967. The van der Waals surface area contributed by atoms with Gasteiger partial charge in [-0.2, -0.15) is 10.1 Å². The van der Waals surface area contributed by atoms with Crippen LogP contribution in [0.25, 0.3) is 0 Å². The highest BCUT2D eigenvalue weighted by molar-refractivity contribution is 6.32. The van der Waals surface area contributed by atoms with Crippen molar-refractivity contribution in [3.8, 4) is 0 Å². The number of hydrogen-bond donors (Lipinski definition) is 1. The average molecular weight is 256 g/mol. The molecule has 0 bridgehead atoms. The van der Waals surface area contributed by atoms with Gasteiger partial charge in [0, 0.05) is 7.05 Å². The minimum atomic E-state index is -0.363. The van der Waals surface area contributed by atoms with Gasteiger partial charge in [0.1, 0.15) is 5.02 Å². The van der Waals surface area contributed by atoms with E-state index in [1.807, 2.05) is 0 Å². The Morgan fingerprint density at radius 1 is 1.59 bits per heavy atom. The van der Waals surface area contributed by atoms with Crippen molar-refractivity contribution in [2.24, 2.45) is 7.05 Å². The summed E-state index contributed by atoms with van der Waals surface area (Å²) in [5.41, 5.74) is 0.0731. The highest BCUT2D eigenvalue weighted by Crippen LogP contribution is 2.15. The fourth-order valence-electron chi connectivity index (χ4n) is 1.22. The van der Waals surface area contributed by atoms with Crippen molar-refractivity contribution in [2.75, 3.05) is 5.32 Å². The van der Waals surface area contributed by atoms with E-state index in [1.54, 1.807) is 6.92 Å². The van der Waals surface area contributed by atoms with E-state index in [-0.39, 0.29) is 17.1 Å². The minimum absolute atomic E-state index is 0.0822. The molecule has 0 radical (unpaired) electrons. The maximum absolute atomic E-state index is 11.5. The number of rotatable bonds is 3. The molecule has 0 aliphatic carbocycles. The quantitative estimate of drug-likeness (QED) is 0.871. The highest BCUT2D eigenvalue weighted by Gasteiger charge is 2.08. The fraction of sp³-hybridized carbons (Fsp3) is 0.333. The van der Waals surface area contributed by atoms with Gasteiger partial charge in [-0.15, -0.1) is 0 Å². The van der Waals surface area contributed by atoms with Crippen LogP contribution >= 0.6 is 11.6 Å². The van der Waals surface area contributed by atoms with E-state index in [9.17, 15) is 4.79 Å². The van der Waals surface area contributed by atoms with Crippen LogP contribution in [0, 0.1) is 6.92 Å². The molecule has 1 N–H and O–H groups in total. The first kappa shape index (κ1) is 11.6. The predicted octanol–water partition coefficient (Wildman–Crippen LogP) is 0.737. The molecule has 2 rings (SSSR count). The van der Waals surface area contributed by atoms with Gasteiger partial charge in [-0.25, -0.2) is 4.68 Å². The lowest BCUT2D eigenvalue weighted by atomic mass is 10.4. The lowest BCUT2D eigenvalue weighted by Crippen LogP contribution is -2.21. The van der Waals surface area contributed by atoms with Crippen LogP contribution < -0.4 is 10.9 Å². The number of anilines is 1. The molecule has 0 atom stereocenters. The Labute approximate surface area is 101 Å². The van der Waals surface area contributed by atoms with E-state index < -0.39 is 0 Å². The summed E-state index contributed by atoms with van der Waals surface area (Å²) < 4.78 is 6.07. The van der Waals surface area contributed by atoms with Crippen LogP contribution in [-0.4, -0.2) is 19.9 Å². The Hall–Kier alpha value is -1.89. The molecule has 0 spiro atoms. The molecular weight excluding hydrogens is 246 g/mol. The van der Waals surface area contributed by atoms with Crippen molar-refractivity contribution >= 4 is 17.3 Å². The molecule has 0 unspecified atom stereocenters. The van der Waals surface area contributed by atoms with Crippen LogP contribution in [-0.2, 0) is 13.6 Å². The second-order valence-electron chi connectivity index (χ2n) is 3.39. The number of aryl methyl sites for hydroxylation is 2. The van der Waals surface area contributed by atoms with Crippen molar-refractivity contribution < 1.29 is 4.52 Å². The van der Waals surface area contributed by atoms with Gasteiger partial charge in [-0.05, 0) is 6.92 Å². The Kier molecular flexibility index (Phi) is 3.10. The smallest absolute Gasteiger partial charge is 0.287 e. The van der Waals surface area contributed by atoms with Crippen molar-refractivity contribution in [2.45, 2.75) is 13.5 Å². The molecule has 90 valence electrons. The zero-order valence-corrected chi connectivity index (χ0v) is 10.0. The molecule has 2 aromatic rings. The Morgan fingerprint density at radius 3 is 3.00 bits per heavy atom. The van der Waals surface area contributed by atoms with Crippen molar-refractivity contribution in [3.63, 3.8) is 0 Å². The average Bonchev–Trinajstić information content (AvgIpc) is 2.71. The highest BCUT2D eigenvalue weighted by atomic mass is 35.5. The number of aromatic nitrogens is 4. The number of hydrogen-bond acceptors (Lipinski definition) is 6. The van der Waals surface area contributed by atoms with Gasteiger partial charge in [0.25, 0.3) is 5.56 Å². The topological polar surface area (TPSA) is 85.8 Å². The summed E-state index contributed by atoms with van der Waals surface area (Å²) in [4.78, 5) is 15.5. The van der Waals surface area contributed by atoms with E-state index in [4.69, 9.17) is 16.1 Å². The maximum atomic E-state index is 11.5. The molecule has 17 heavy (non-hydrogen) atoms. The second kappa shape index (κ2) is 4.54. The molecule has 2 aromatic heterocycles. The normalized spacial score (nSPS) is 10.5. The van der Waals surface area contributed by atoms with Crippen molar-refractivity contribution in [1.82, 2.24) is 19.9 Å². The van der Waals surface area contributed by atoms with Gasteiger partial charge < -0.3 is 9.84 Å². The minimum Gasteiger partial charge on any atom is -0.373 e. The first-order valence-electron chi connectivity index (χ1n) is 4.83. The lowest BCUT2D eigenvalue weighted by Gasteiger charge is -2.05. The first-order valence-corrected chi connectivity index (χ1v) is 5.20. The molecule has 7 nitrogen and oxygen atoms in total. The zero-order valence-electron chi connectivity index (χ0n) is 9.27. The van der Waals surface area contributed by atoms with E-state index in [0.29, 0.717) is 17.4 Å². The summed E-state index contributed by atoms with van der Waals surface area (Å²) in [5, 5.41) is 10.5. The van der Waals surface area contributed by atoms with E-state index in [2.05, 4.69) is 20.6 Å². The van der Waals surface area contributed by atoms with Gasteiger partial charge in [-0.3, -0.25) is 4.79 Å². The van der Waals surface area contributed by atoms with Crippen LogP contribution in [0.1, 0.15) is 11.7 Å². The SMILES string of the molecule is Cc1noc(CNc2cnn(C)c(=O)c2Cl)n1. The monoisotopic (exact) mass is 255 g/mol. The second-order valence-corrected chi connectivity index (χ2v) is 3.77. The molecule has 0 saturated heterocycles. The number of halogens is 1. The largest absolute Gasteiger partial charge is 0.373 e. The van der Waals surface area contributed by atoms with Gasteiger partial charge in [-0.1, -0.05) is 16.8 Å². The lowest BCUT2D eigenvalue weighted by molar-refractivity contribution is 0.379. The molecule has 0 aliphatic rings. The molecule has 0 amide bonds. The van der Waals surface area contributed by atoms with Gasteiger partial charge >= 0.3 is 0 Å². The molecule has 2 heterocycles. The van der Waals surface area contributed by atoms with Gasteiger partial charge in [0.15, 0.2) is 5.82 Å². The first-order chi connectivity index (χ1) is 8.08. The van der Waals surface area contributed by atoms with Crippen molar-refractivity contribution in [1.29, 1.82) is 0 Å². The predicted molar refractivity (Wildman–Crippen MR) is 60.8 cm³/mol. The maximum Gasteiger partial charge on any atom is 0.287 e. The zero-order chi connectivity index (χ0) is 12.4.